The average molecular weight is 479 g/mol. The number of methoxy groups -OCH3 is 1. The Balaban J connectivity index is 1.41. The third-order valence-electron chi connectivity index (χ3n) is 7.33. The predicted octanol–water partition coefficient (Wildman–Crippen LogP) is 6.92. The number of aliphatic carboxylic acids is 1. The van der Waals surface area contributed by atoms with Crippen molar-refractivity contribution in [2.24, 2.45) is 11.8 Å². The molecule has 1 saturated carbocycles. The number of ether oxygens (including phenoxy) is 2. The molecule has 0 spiro atoms. The zero-order valence-electron chi connectivity index (χ0n) is 19.8. The van der Waals surface area contributed by atoms with Crippen LogP contribution < -0.4 is 9.47 Å². The van der Waals surface area contributed by atoms with E-state index in [4.69, 9.17) is 9.47 Å². The number of carboxylic acid groups (broad SMARTS) is 1. The van der Waals surface area contributed by atoms with Crippen LogP contribution in [-0.4, -0.2) is 18.2 Å². The molecule has 1 unspecified atom stereocenters. The maximum Gasteiger partial charge on any atom is 0.306 e. The summed E-state index contributed by atoms with van der Waals surface area (Å²) in [6.45, 7) is 1.65. The summed E-state index contributed by atoms with van der Waals surface area (Å²) in [7, 11) is 1.55. The van der Waals surface area contributed by atoms with Crippen LogP contribution in [0, 0.1) is 23.5 Å². The highest BCUT2D eigenvalue weighted by molar-refractivity contribution is 5.71. The van der Waals surface area contributed by atoms with E-state index < -0.39 is 17.7 Å². The van der Waals surface area contributed by atoms with Crippen LogP contribution in [0.1, 0.15) is 54.9 Å². The van der Waals surface area contributed by atoms with E-state index in [1.54, 1.807) is 44.4 Å². The Labute approximate surface area is 203 Å². The molecule has 3 aromatic carbocycles. The fourth-order valence-electron chi connectivity index (χ4n) is 5.29. The molecule has 1 fully saturated rings. The summed E-state index contributed by atoms with van der Waals surface area (Å²) in [6, 6.07) is 15.4. The first-order valence-corrected chi connectivity index (χ1v) is 12.0. The first kappa shape index (κ1) is 23.3. The van der Waals surface area contributed by atoms with E-state index in [0.29, 0.717) is 23.3 Å². The highest BCUT2D eigenvalue weighted by atomic mass is 19.1. The lowest BCUT2D eigenvalue weighted by Crippen LogP contribution is -2.22. The van der Waals surface area contributed by atoms with Gasteiger partial charge in [0.05, 0.1) is 13.0 Å². The van der Waals surface area contributed by atoms with Gasteiger partial charge in [-0.3, -0.25) is 4.79 Å². The van der Waals surface area contributed by atoms with E-state index in [9.17, 15) is 14.3 Å². The van der Waals surface area contributed by atoms with Crippen LogP contribution in [0.3, 0.4) is 0 Å². The number of carboxylic acids is 1. The van der Waals surface area contributed by atoms with Gasteiger partial charge >= 0.3 is 5.97 Å². The Hall–Kier alpha value is -3.41. The van der Waals surface area contributed by atoms with Gasteiger partial charge in [0.2, 0.25) is 0 Å². The largest absolute Gasteiger partial charge is 0.497 e. The molecule has 0 heterocycles. The highest BCUT2D eigenvalue weighted by Gasteiger charge is 2.40. The van der Waals surface area contributed by atoms with Gasteiger partial charge < -0.3 is 14.6 Å². The average Bonchev–Trinajstić information content (AvgIpc) is 3.61. The van der Waals surface area contributed by atoms with Crippen LogP contribution in [0.2, 0.25) is 0 Å². The summed E-state index contributed by atoms with van der Waals surface area (Å²) < 4.78 is 41.4. The Morgan fingerprint density at radius 3 is 2.57 bits per heavy atom. The number of hydrogen-bond acceptors (Lipinski definition) is 3. The Morgan fingerprint density at radius 1 is 1.06 bits per heavy atom. The number of aryl methyl sites for hydroxylation is 1. The van der Waals surface area contributed by atoms with Crippen LogP contribution in [0.25, 0.3) is 11.1 Å². The van der Waals surface area contributed by atoms with Gasteiger partial charge in [0.25, 0.3) is 0 Å². The predicted molar refractivity (Wildman–Crippen MR) is 129 cm³/mol. The summed E-state index contributed by atoms with van der Waals surface area (Å²) in [5.74, 6) is -1.83. The molecule has 35 heavy (non-hydrogen) atoms. The molecule has 4 nitrogen and oxygen atoms in total. The summed E-state index contributed by atoms with van der Waals surface area (Å²) in [5.41, 5.74) is 3.64. The van der Waals surface area contributed by atoms with E-state index in [1.807, 2.05) is 18.2 Å². The number of hydrogen-bond donors (Lipinski definition) is 1. The van der Waals surface area contributed by atoms with Crippen molar-refractivity contribution in [2.45, 2.75) is 44.6 Å². The van der Waals surface area contributed by atoms with Crippen molar-refractivity contribution in [1.29, 1.82) is 0 Å². The minimum absolute atomic E-state index is 0.145. The van der Waals surface area contributed by atoms with Crippen LogP contribution in [0.15, 0.2) is 54.6 Å². The Kier molecular flexibility index (Phi) is 6.22. The topological polar surface area (TPSA) is 55.8 Å². The van der Waals surface area contributed by atoms with Gasteiger partial charge in [0.1, 0.15) is 17.7 Å². The van der Waals surface area contributed by atoms with Crippen molar-refractivity contribution in [3.8, 4) is 22.6 Å². The Bertz CT molecular complexity index is 1270. The van der Waals surface area contributed by atoms with Crippen molar-refractivity contribution in [1.82, 2.24) is 0 Å². The van der Waals surface area contributed by atoms with Gasteiger partial charge in [-0.25, -0.2) is 8.78 Å². The summed E-state index contributed by atoms with van der Waals surface area (Å²) in [6.07, 6.45) is 2.93. The van der Waals surface area contributed by atoms with Crippen molar-refractivity contribution >= 4 is 5.97 Å². The summed E-state index contributed by atoms with van der Waals surface area (Å²) in [5, 5.41) is 9.56. The molecule has 2 aliphatic rings. The maximum atomic E-state index is 15.6. The lowest BCUT2D eigenvalue weighted by atomic mass is 9.83. The number of rotatable bonds is 8. The van der Waals surface area contributed by atoms with Crippen molar-refractivity contribution in [3.63, 3.8) is 0 Å². The molecule has 0 bridgehead atoms. The Morgan fingerprint density at radius 2 is 1.86 bits per heavy atom. The smallest absolute Gasteiger partial charge is 0.306 e. The van der Waals surface area contributed by atoms with E-state index >= 15 is 4.39 Å². The fraction of sp³-hybridized carbons (Fsp3) is 0.345. The zero-order valence-corrected chi connectivity index (χ0v) is 19.8. The maximum absolute atomic E-state index is 15.6. The van der Waals surface area contributed by atoms with Gasteiger partial charge in [-0.05, 0) is 78.1 Å². The van der Waals surface area contributed by atoms with Crippen LogP contribution in [-0.2, 0) is 11.2 Å². The van der Waals surface area contributed by atoms with E-state index in [0.717, 1.165) is 36.0 Å². The molecule has 2 aliphatic carbocycles. The second-order valence-corrected chi connectivity index (χ2v) is 9.55. The molecular formula is C29H28F2O4. The molecule has 3 atom stereocenters. The van der Waals surface area contributed by atoms with Gasteiger partial charge in [0.15, 0.2) is 11.6 Å². The fourth-order valence-corrected chi connectivity index (χ4v) is 5.29. The first-order chi connectivity index (χ1) is 16.9. The highest BCUT2D eigenvalue weighted by Crippen LogP contribution is 2.48. The van der Waals surface area contributed by atoms with Crippen molar-refractivity contribution in [2.75, 3.05) is 7.11 Å². The molecular weight excluding hydrogens is 450 g/mol. The van der Waals surface area contributed by atoms with Crippen molar-refractivity contribution in [3.05, 3.63) is 82.9 Å². The number of fused-ring (bicyclic) bond motifs is 1. The van der Waals surface area contributed by atoms with Gasteiger partial charge in [0, 0.05) is 11.5 Å². The molecule has 3 aromatic rings. The number of halogens is 2. The second-order valence-electron chi connectivity index (χ2n) is 9.55. The van der Waals surface area contributed by atoms with Gasteiger partial charge in [-0.2, -0.15) is 0 Å². The third-order valence-corrected chi connectivity index (χ3v) is 7.33. The lowest BCUT2D eigenvalue weighted by molar-refractivity contribution is -0.142. The number of carbonyl (C=O) groups is 1. The molecule has 0 aromatic heterocycles. The monoisotopic (exact) mass is 478 g/mol. The second kappa shape index (κ2) is 9.33. The van der Waals surface area contributed by atoms with Crippen LogP contribution in [0.4, 0.5) is 8.78 Å². The molecule has 0 amide bonds. The first-order valence-electron chi connectivity index (χ1n) is 12.0. The van der Waals surface area contributed by atoms with Crippen LogP contribution >= 0.6 is 0 Å². The van der Waals surface area contributed by atoms with E-state index in [-0.39, 0.29) is 29.5 Å². The van der Waals surface area contributed by atoms with Gasteiger partial charge in [-0.15, -0.1) is 0 Å². The molecule has 0 aliphatic heterocycles. The normalized spacial score (nSPS) is 18.6. The summed E-state index contributed by atoms with van der Waals surface area (Å²) in [4.78, 5) is 11.7. The van der Waals surface area contributed by atoms with E-state index in [1.165, 1.54) is 6.07 Å². The molecule has 0 saturated heterocycles. The standard InChI is InChI=1S/C29H28F2O4/c1-16(29(32)33)27(17-6-7-17)22-4-3-5-26(28(22)31)35-25-13-9-18-14-19(8-11-21(18)25)23-15-20(34-2)10-12-24(23)30/h3-5,8,10-12,14-17,25,27H,6-7,9,13H2,1-2H3,(H,32,33)/t16-,25+,27?/m0/s1. The molecule has 1 N–H and O–H groups in total. The number of benzene rings is 3. The van der Waals surface area contributed by atoms with Crippen molar-refractivity contribution < 1.29 is 28.2 Å². The SMILES string of the molecule is COc1ccc(F)c(-c2ccc3c(c2)CC[C@H]3Oc2cccc(C(C3CC3)[C@H](C)C(=O)O)c2F)c1. The molecule has 6 heteroatoms. The third kappa shape index (κ3) is 4.49. The van der Waals surface area contributed by atoms with Gasteiger partial charge in [-0.1, -0.05) is 37.3 Å². The minimum atomic E-state index is -0.916. The molecule has 182 valence electrons. The lowest BCUT2D eigenvalue weighted by Gasteiger charge is -2.23. The quantitative estimate of drug-likeness (QED) is 0.382. The molecule has 0 radical (unpaired) electrons. The zero-order chi connectivity index (χ0) is 24.7. The molecule has 5 rings (SSSR count). The summed E-state index contributed by atoms with van der Waals surface area (Å²) >= 11 is 0. The van der Waals surface area contributed by atoms with E-state index in [2.05, 4.69) is 0 Å². The van der Waals surface area contributed by atoms with Crippen LogP contribution in [0.5, 0.6) is 11.5 Å². The minimum Gasteiger partial charge on any atom is -0.497 e.